The van der Waals surface area contributed by atoms with Gasteiger partial charge in [-0.3, -0.25) is 9.79 Å². The number of sulfonamides is 1. The van der Waals surface area contributed by atoms with Crippen LogP contribution in [0, 0.1) is 13.8 Å². The molecular weight excluding hydrogens is 492 g/mol. The minimum absolute atomic E-state index is 0.0934. The van der Waals surface area contributed by atoms with Crippen LogP contribution in [-0.4, -0.2) is 48.5 Å². The minimum atomic E-state index is -4.30. The maximum Gasteiger partial charge on any atom is 0.279 e. The largest absolute Gasteiger partial charge is 0.467 e. The van der Waals surface area contributed by atoms with Gasteiger partial charge in [-0.15, -0.1) is 0 Å². The molecule has 3 aromatic rings. The first-order chi connectivity index (χ1) is 17.7. The number of amides is 1. The van der Waals surface area contributed by atoms with Crippen LogP contribution >= 0.6 is 0 Å². The van der Waals surface area contributed by atoms with Crippen molar-refractivity contribution in [2.24, 2.45) is 10.7 Å². The van der Waals surface area contributed by atoms with Gasteiger partial charge in [0, 0.05) is 31.3 Å². The number of ether oxygens (including phenoxy) is 1. The van der Waals surface area contributed by atoms with Crippen molar-refractivity contribution >= 4 is 27.6 Å². The maximum atomic E-state index is 13.4. The number of rotatable bonds is 1. The van der Waals surface area contributed by atoms with E-state index in [2.05, 4.69) is 19.7 Å². The number of anilines is 1. The number of aromatic nitrogens is 2. The number of aryl methyl sites for hydroxylation is 2. The number of carbonyl (C=O) groups excluding carboxylic acids is 1. The summed E-state index contributed by atoms with van der Waals surface area (Å²) >= 11 is 0. The first kappa shape index (κ1) is 24.4. The first-order valence-corrected chi connectivity index (χ1v) is 13.1. The summed E-state index contributed by atoms with van der Waals surface area (Å²) in [7, 11) is -2.90. The molecule has 3 N–H and O–H groups in total. The van der Waals surface area contributed by atoms with Crippen molar-refractivity contribution in [2.45, 2.75) is 26.5 Å². The third-order valence-corrected chi connectivity index (χ3v) is 7.60. The molecule has 3 heterocycles. The summed E-state index contributed by atoms with van der Waals surface area (Å²) in [5.74, 6) is -0.504. The normalized spacial score (nSPS) is 19.9. The Labute approximate surface area is 215 Å². The highest BCUT2D eigenvalue weighted by atomic mass is 32.2. The maximum absolute atomic E-state index is 13.4. The highest BCUT2D eigenvalue weighted by Gasteiger charge is 2.32. The summed E-state index contributed by atoms with van der Waals surface area (Å²) in [6.07, 6.45) is 0.495. The third kappa shape index (κ3) is 4.65. The van der Waals surface area contributed by atoms with Gasteiger partial charge in [-0.1, -0.05) is 42.5 Å². The molecule has 1 atom stereocenters. The summed E-state index contributed by atoms with van der Waals surface area (Å²) in [6.45, 7) is 4.42. The van der Waals surface area contributed by atoms with E-state index in [0.29, 0.717) is 12.2 Å². The van der Waals surface area contributed by atoms with Crippen molar-refractivity contribution in [3.05, 3.63) is 81.9 Å². The molecule has 1 aromatic heterocycles. The number of nitrogens with two attached hydrogens (primary N) is 1. The Morgan fingerprint density at radius 1 is 1.11 bits per heavy atom. The lowest BCUT2D eigenvalue weighted by Crippen LogP contribution is -2.43. The quantitative estimate of drug-likeness (QED) is 0.505. The van der Waals surface area contributed by atoms with E-state index in [1.807, 2.05) is 56.3 Å². The van der Waals surface area contributed by atoms with Gasteiger partial charge in [0.1, 0.15) is 16.8 Å². The predicted molar refractivity (Wildman–Crippen MR) is 140 cm³/mol. The van der Waals surface area contributed by atoms with Gasteiger partial charge in [-0.2, -0.15) is 13.4 Å². The van der Waals surface area contributed by atoms with Crippen LogP contribution in [0.1, 0.15) is 28.4 Å². The standard InChI is InChI=1S/C26H26N6O4S/c1-15-7-6-8-16(2)24(15)19-12-23-30-26(29-19)31-37(34,35)22(27)11-20(28-3)25(33)32-13-17-9-4-5-10-18(17)21(14-32)36-23/h4-12,21H,13-14,27H2,1-3H3,(H,29,30,31). The zero-order chi connectivity index (χ0) is 26.3. The number of benzene rings is 2. The molecule has 37 heavy (non-hydrogen) atoms. The van der Waals surface area contributed by atoms with E-state index in [1.54, 1.807) is 11.0 Å². The van der Waals surface area contributed by atoms with Gasteiger partial charge in [0.25, 0.3) is 15.9 Å². The van der Waals surface area contributed by atoms with Crippen molar-refractivity contribution in [2.75, 3.05) is 18.3 Å². The smallest absolute Gasteiger partial charge is 0.279 e. The first-order valence-electron chi connectivity index (χ1n) is 11.6. The molecule has 0 spiro atoms. The van der Waals surface area contributed by atoms with Crippen molar-refractivity contribution in [1.82, 2.24) is 14.9 Å². The van der Waals surface area contributed by atoms with E-state index in [4.69, 9.17) is 10.5 Å². The van der Waals surface area contributed by atoms with Gasteiger partial charge in [0.05, 0.1) is 12.2 Å². The molecular formula is C26H26N6O4S. The highest BCUT2D eigenvalue weighted by Crippen LogP contribution is 2.34. The van der Waals surface area contributed by atoms with Crippen LogP contribution in [0.15, 0.2) is 64.6 Å². The van der Waals surface area contributed by atoms with Crippen LogP contribution in [0.3, 0.4) is 0 Å². The summed E-state index contributed by atoms with van der Waals surface area (Å²) in [5.41, 5.74) is 10.9. The van der Waals surface area contributed by atoms with Crippen molar-refractivity contribution < 1.29 is 17.9 Å². The molecule has 0 aliphatic carbocycles. The van der Waals surface area contributed by atoms with Gasteiger partial charge >= 0.3 is 0 Å². The third-order valence-electron chi connectivity index (χ3n) is 6.41. The Morgan fingerprint density at radius 3 is 2.57 bits per heavy atom. The Hall–Kier alpha value is -4.25. The number of nitrogens with one attached hydrogen (secondary N) is 1. The number of fused-ring (bicyclic) bond motifs is 6. The fourth-order valence-corrected chi connectivity index (χ4v) is 5.33. The topological polar surface area (TPSA) is 140 Å². The molecule has 10 nitrogen and oxygen atoms in total. The Balaban J connectivity index is 1.73. The zero-order valence-electron chi connectivity index (χ0n) is 20.6. The van der Waals surface area contributed by atoms with E-state index in [-0.39, 0.29) is 24.1 Å². The van der Waals surface area contributed by atoms with Crippen LogP contribution in [0.5, 0.6) is 5.88 Å². The van der Waals surface area contributed by atoms with Crippen molar-refractivity contribution in [3.63, 3.8) is 0 Å². The predicted octanol–water partition coefficient (Wildman–Crippen LogP) is 2.85. The van der Waals surface area contributed by atoms with Crippen LogP contribution in [0.4, 0.5) is 5.95 Å². The van der Waals surface area contributed by atoms with E-state index in [0.717, 1.165) is 33.9 Å². The van der Waals surface area contributed by atoms with Crippen LogP contribution in [0.2, 0.25) is 0 Å². The molecule has 1 unspecified atom stereocenters. The molecule has 0 radical (unpaired) electrons. The van der Waals surface area contributed by atoms with Crippen LogP contribution in [-0.2, 0) is 21.4 Å². The number of nitrogens with zero attached hydrogens (tertiary/aromatic N) is 4. The molecule has 0 saturated heterocycles. The van der Waals surface area contributed by atoms with Gasteiger partial charge < -0.3 is 15.4 Å². The molecule has 0 saturated carbocycles. The zero-order valence-corrected chi connectivity index (χ0v) is 21.4. The molecule has 1 amide bonds. The van der Waals surface area contributed by atoms with Gasteiger partial charge in [-0.25, -0.2) is 9.71 Å². The van der Waals surface area contributed by atoms with Crippen molar-refractivity contribution in [1.29, 1.82) is 0 Å². The molecule has 11 heteroatoms. The average molecular weight is 519 g/mol. The fourth-order valence-electron chi connectivity index (χ4n) is 4.62. The number of hydrogen-bond donors (Lipinski definition) is 2. The van der Waals surface area contributed by atoms with Gasteiger partial charge in [0.15, 0.2) is 0 Å². The van der Waals surface area contributed by atoms with Crippen LogP contribution in [0.25, 0.3) is 11.3 Å². The number of aliphatic imine (C=N–C) groups is 1. The van der Waals surface area contributed by atoms with E-state index in [1.165, 1.54) is 7.05 Å². The molecule has 190 valence electrons. The Morgan fingerprint density at radius 2 is 1.84 bits per heavy atom. The second kappa shape index (κ2) is 9.32. The summed E-state index contributed by atoms with van der Waals surface area (Å²) in [6, 6.07) is 15.2. The Kier molecular flexibility index (Phi) is 6.16. The summed E-state index contributed by atoms with van der Waals surface area (Å²) in [4.78, 5) is 27.8. The SMILES string of the molecule is CN=C1C=C(N)S(=O)(=O)Nc2nc(cc(-c3c(C)cccc3C)n2)OC2CN(Cc3ccccc32)C1=O. The minimum Gasteiger partial charge on any atom is -0.467 e. The van der Waals surface area contributed by atoms with Gasteiger partial charge in [-0.05, 0) is 36.1 Å². The summed E-state index contributed by atoms with van der Waals surface area (Å²) in [5, 5.41) is -0.585. The molecule has 2 aliphatic rings. The second-order valence-electron chi connectivity index (χ2n) is 8.93. The van der Waals surface area contributed by atoms with E-state index in [9.17, 15) is 13.2 Å². The molecule has 4 bridgehead atoms. The van der Waals surface area contributed by atoms with Gasteiger partial charge in [0.2, 0.25) is 11.8 Å². The molecule has 0 fully saturated rings. The molecule has 5 rings (SSSR count). The average Bonchev–Trinajstić information content (AvgIpc) is 2.86. The fraction of sp³-hybridized carbons (Fsp3) is 0.231. The van der Waals surface area contributed by atoms with E-state index >= 15 is 0 Å². The number of carbonyl (C=O) groups is 1. The van der Waals surface area contributed by atoms with E-state index < -0.39 is 27.1 Å². The molecule has 2 aromatic carbocycles. The lowest BCUT2D eigenvalue weighted by Gasteiger charge is -2.34. The highest BCUT2D eigenvalue weighted by molar-refractivity contribution is 7.96. The lowest BCUT2D eigenvalue weighted by atomic mass is 9.97. The monoisotopic (exact) mass is 518 g/mol. The summed E-state index contributed by atoms with van der Waals surface area (Å²) < 4.78 is 34.8. The van der Waals surface area contributed by atoms with Crippen LogP contribution < -0.4 is 15.2 Å². The second-order valence-corrected chi connectivity index (χ2v) is 10.6. The Bertz CT molecular complexity index is 1560. The van der Waals surface area contributed by atoms with Crippen molar-refractivity contribution in [3.8, 4) is 17.1 Å². The molecule has 2 aliphatic heterocycles. The lowest BCUT2D eigenvalue weighted by molar-refractivity contribution is -0.126. The number of hydrogen-bond acceptors (Lipinski definition) is 8.